The van der Waals surface area contributed by atoms with E-state index in [2.05, 4.69) is 0 Å². The van der Waals surface area contributed by atoms with Crippen molar-refractivity contribution < 1.29 is 96.8 Å². The van der Waals surface area contributed by atoms with Crippen LogP contribution in [0.4, 0.5) is 87.8 Å². The summed E-state index contributed by atoms with van der Waals surface area (Å²) in [4.78, 5) is -0.992. The van der Waals surface area contributed by atoms with E-state index in [0.717, 1.165) is 48.5 Å². The van der Waals surface area contributed by atoms with E-state index in [1.54, 1.807) is 0 Å². The first-order valence-corrected chi connectivity index (χ1v) is 20.2. The van der Waals surface area contributed by atoms with E-state index in [4.69, 9.17) is 0 Å². The molecule has 8 aromatic rings. The Morgan fingerprint density at radius 1 is 0.250 bits per heavy atom. The molecule has 2 nitrogen and oxygen atoms in total. The summed E-state index contributed by atoms with van der Waals surface area (Å²) in [6, 6.07) is 8.90. The smallest absolute Gasteiger partial charge is 0.380 e. The summed E-state index contributed by atoms with van der Waals surface area (Å²) in [5.74, 6) is -56.1. The van der Waals surface area contributed by atoms with Gasteiger partial charge in [-0.2, -0.15) is 22.7 Å². The highest BCUT2D eigenvalue weighted by molar-refractivity contribution is 7.36. The van der Waals surface area contributed by atoms with Crippen LogP contribution in [0.15, 0.2) is 85.5 Å². The lowest BCUT2D eigenvalue weighted by Crippen LogP contribution is -2.86. The van der Waals surface area contributed by atoms with Crippen molar-refractivity contribution in [3.8, 4) is 9.75 Å². The highest BCUT2D eigenvalue weighted by Crippen LogP contribution is 2.33. The first kappa shape index (κ1) is 47.8. The largest absolute Gasteiger partial charge is 0.414 e. The van der Waals surface area contributed by atoms with Crippen molar-refractivity contribution in [1.29, 1.82) is 0 Å². The molecule has 4 aromatic carbocycles. The zero-order chi connectivity index (χ0) is 49.6. The van der Waals surface area contributed by atoms with Gasteiger partial charge in [0.2, 0.25) is 0 Å². The second kappa shape index (κ2) is 17.1. The second-order valence-corrected chi connectivity index (χ2v) is 16.9. The van der Waals surface area contributed by atoms with Gasteiger partial charge in [0, 0.05) is 9.75 Å². The number of nitrogens with zero attached hydrogens (tertiary/aromatic N) is 2. The van der Waals surface area contributed by atoms with Gasteiger partial charge < -0.3 is 8.96 Å². The van der Waals surface area contributed by atoms with Gasteiger partial charge in [-0.25, -0.2) is 87.8 Å². The third-order valence-corrected chi connectivity index (χ3v) is 14.0. The van der Waals surface area contributed by atoms with Gasteiger partial charge in [0.15, 0.2) is 69.8 Å². The molecule has 350 valence electrons. The van der Waals surface area contributed by atoms with Crippen molar-refractivity contribution >= 4 is 66.6 Å². The van der Waals surface area contributed by atoms with Gasteiger partial charge in [-0.15, -0.1) is 0 Å². The molecule has 0 N–H and O–H groups in total. The van der Waals surface area contributed by atoms with E-state index in [0.29, 0.717) is 45.9 Å². The Kier molecular flexibility index (Phi) is 12.0. The van der Waals surface area contributed by atoms with Crippen LogP contribution in [-0.4, -0.2) is 12.6 Å². The summed E-state index contributed by atoms with van der Waals surface area (Å²) >= 11 is 0.0397. The van der Waals surface area contributed by atoms with Crippen LogP contribution in [-0.2, 0) is 0 Å². The van der Waals surface area contributed by atoms with Crippen LogP contribution >= 0.6 is 22.7 Å². The minimum Gasteiger partial charge on any atom is -0.414 e. The Balaban J connectivity index is 1.52. The molecule has 0 radical (unpaired) electrons. The van der Waals surface area contributed by atoms with Crippen molar-refractivity contribution in [3.63, 3.8) is 0 Å². The number of hydrogen-bond donors (Lipinski definition) is 0. The lowest BCUT2D eigenvalue weighted by atomic mass is 9.26. The predicted molar refractivity (Wildman–Crippen MR) is 206 cm³/mol. The molecule has 0 amide bonds. The summed E-state index contributed by atoms with van der Waals surface area (Å²) in [7, 11) is 0. The predicted octanol–water partition coefficient (Wildman–Crippen LogP) is 7.86. The van der Waals surface area contributed by atoms with Gasteiger partial charge in [0.05, 0.1) is 0 Å². The van der Waals surface area contributed by atoms with E-state index < -0.39 is 170 Å². The molecule has 0 aliphatic heterocycles. The number of rotatable bonds is 9. The molecule has 0 aliphatic carbocycles. The molecule has 0 atom stereocenters. The van der Waals surface area contributed by atoms with E-state index >= 15 is 70.2 Å². The second-order valence-electron chi connectivity index (χ2n) is 14.6. The molecule has 8 rings (SSSR count). The minimum atomic E-state index is -4.97. The average Bonchev–Trinajstić information content (AvgIpc) is 4.05. The van der Waals surface area contributed by atoms with Crippen LogP contribution in [0.5, 0.6) is 0 Å². The number of aromatic nitrogens is 2. The molecule has 0 unspecified atom stereocenters. The van der Waals surface area contributed by atoms with Crippen molar-refractivity contribution in [1.82, 2.24) is 0 Å². The van der Waals surface area contributed by atoms with Gasteiger partial charge in [-0.3, -0.25) is 0 Å². The summed E-state index contributed by atoms with van der Waals surface area (Å²) in [5, 5.41) is 0. The summed E-state index contributed by atoms with van der Waals surface area (Å²) in [5.41, 5.74) is -8.72. The molecule has 0 saturated carbocycles. The fourth-order valence-corrected chi connectivity index (χ4v) is 11.2. The van der Waals surface area contributed by atoms with Crippen molar-refractivity contribution in [2.45, 2.75) is 0 Å². The summed E-state index contributed by atoms with van der Waals surface area (Å²) < 4.78 is 308. The van der Waals surface area contributed by atoms with Gasteiger partial charge >= 0.3 is 12.6 Å². The van der Waals surface area contributed by atoms with Crippen LogP contribution in [0.2, 0.25) is 0 Å². The molecule has 0 saturated heterocycles. The maximum atomic E-state index is 16.2. The Morgan fingerprint density at radius 3 is 0.647 bits per heavy atom. The molecule has 26 heteroatoms. The first-order valence-electron chi connectivity index (χ1n) is 18.6. The Bertz CT molecular complexity index is 2910. The monoisotopic (exact) mass is 1010 g/mol. The van der Waals surface area contributed by atoms with Gasteiger partial charge in [-0.1, -0.05) is 33.8 Å². The van der Waals surface area contributed by atoms with Crippen LogP contribution in [0.1, 0.15) is 0 Å². The number of halogens is 20. The maximum absolute atomic E-state index is 16.2. The Labute approximate surface area is 374 Å². The fraction of sp³-hybridized carbons (Fsp3) is 0. The molecule has 0 bridgehead atoms. The third-order valence-electron chi connectivity index (χ3n) is 11.3. The van der Waals surface area contributed by atoms with E-state index in [-0.39, 0.29) is 22.7 Å². The average molecular weight is 1010 g/mol. The van der Waals surface area contributed by atoms with Crippen molar-refractivity contribution in [2.24, 2.45) is 0 Å². The third kappa shape index (κ3) is 6.56. The minimum absolute atomic E-state index is 0.0199. The zero-order valence-corrected chi connectivity index (χ0v) is 34.1. The zero-order valence-electron chi connectivity index (χ0n) is 32.5. The summed E-state index contributed by atoms with van der Waals surface area (Å²) in [6.07, 6.45) is -7.22. The number of thiophene rings is 2. The Hall–Kier alpha value is -6.69. The van der Waals surface area contributed by atoms with E-state index in [9.17, 15) is 17.6 Å². The maximum Gasteiger partial charge on any atom is 0.380 e. The van der Waals surface area contributed by atoms with Gasteiger partial charge in [-0.05, 0) is 58.2 Å². The number of benzene rings is 4. The molecule has 0 aliphatic rings. The molecule has 0 spiro atoms. The van der Waals surface area contributed by atoms with E-state index in [1.165, 1.54) is 0 Å². The SMILES string of the molecule is Fc1c(F)c(F)c([B-](c2ccc(-c3ccc([B-](c4c(F)c(F)c(F)c(F)c4F)(c4c(F)c(F)c(F)c(F)c4F)[n+]4ccccc4)s3)s2)(c2c(F)c(F)c(F)c(F)c2F)[n+]2ccccc2)c(F)c1F. The molecule has 4 aromatic heterocycles. The molecular formula is C42H14B2F20N2S2. The fourth-order valence-electron chi connectivity index (χ4n) is 8.46. The van der Waals surface area contributed by atoms with Crippen LogP contribution in [0.25, 0.3) is 9.75 Å². The molecule has 0 fully saturated rings. The Morgan fingerprint density at radius 2 is 0.441 bits per heavy atom. The quantitative estimate of drug-likeness (QED) is 0.0603. The van der Waals surface area contributed by atoms with Crippen molar-refractivity contribution in [2.75, 3.05) is 0 Å². The van der Waals surface area contributed by atoms with Crippen molar-refractivity contribution in [3.05, 3.63) is 202 Å². The van der Waals surface area contributed by atoms with Gasteiger partial charge in [0.1, 0.15) is 71.3 Å². The van der Waals surface area contributed by atoms with E-state index in [1.807, 2.05) is 0 Å². The normalized spacial score (nSPS) is 12.1. The topological polar surface area (TPSA) is 7.76 Å². The lowest BCUT2D eigenvalue weighted by Gasteiger charge is -2.36. The highest BCUT2D eigenvalue weighted by Gasteiger charge is 2.56. The molecule has 68 heavy (non-hydrogen) atoms. The summed E-state index contributed by atoms with van der Waals surface area (Å²) in [6.45, 7) is 0. The van der Waals surface area contributed by atoms with Gasteiger partial charge in [0.25, 0.3) is 0 Å². The number of hydrogen-bond acceptors (Lipinski definition) is 2. The molecular weight excluding hydrogens is 998 g/mol. The van der Waals surface area contributed by atoms with Crippen LogP contribution < -0.4 is 40.4 Å². The van der Waals surface area contributed by atoms with Crippen LogP contribution in [0, 0.1) is 116 Å². The first-order chi connectivity index (χ1) is 32.1. The molecule has 4 heterocycles. The van der Waals surface area contributed by atoms with Crippen LogP contribution in [0.3, 0.4) is 0 Å². The number of pyridine rings is 2. The highest BCUT2D eigenvalue weighted by atomic mass is 32.1. The standard InChI is InChI=1S/C42H14B2F20N2S2/c45-23-19(24(46)32(54)39(61)31(23)53)43(65-11-3-1-4-12-65,20-25(47)33(55)40(62)34(56)26(20)48)17-9-7-15(67-17)16-8-10-18(68-16)44(66-13-5-2-6-14-66,21-27(49)35(57)41(63)36(58)28(21)50)22-29(51)37(59)42(64)38(60)30(22)52/h1-14H. The lowest BCUT2D eigenvalue weighted by molar-refractivity contribution is -0.539.